The molecule has 0 spiro atoms. The van der Waals surface area contributed by atoms with Crippen molar-refractivity contribution >= 4 is 0 Å². The molecule has 0 unspecified atom stereocenters. The van der Waals surface area contributed by atoms with Crippen LogP contribution in [0.2, 0.25) is 0 Å². The molecule has 0 amide bonds. The summed E-state index contributed by atoms with van der Waals surface area (Å²) in [6, 6.07) is 10.8. The first kappa shape index (κ1) is 14.4. The summed E-state index contributed by atoms with van der Waals surface area (Å²) >= 11 is 0. The Bertz CT molecular complexity index is 563. The molecule has 2 aromatic rings. The van der Waals surface area contributed by atoms with Gasteiger partial charge in [-0.05, 0) is 29.7 Å². The summed E-state index contributed by atoms with van der Waals surface area (Å²) in [6.45, 7) is 9.33. The molecular formula is C18H24N2O. The number of nitrogens with zero attached hydrogens (tertiary/aromatic N) is 1. The summed E-state index contributed by atoms with van der Waals surface area (Å²) in [5.74, 6) is 1.74. The maximum Gasteiger partial charge on any atom is 0.122 e. The molecule has 3 rings (SSSR count). The number of hydrogen-bond acceptors (Lipinski definition) is 3. The number of benzene rings is 1. The van der Waals surface area contributed by atoms with Crippen molar-refractivity contribution in [2.24, 2.45) is 5.92 Å². The molecule has 3 nitrogen and oxygen atoms in total. The van der Waals surface area contributed by atoms with Gasteiger partial charge in [-0.1, -0.05) is 38.1 Å². The van der Waals surface area contributed by atoms with Crippen molar-refractivity contribution in [3.63, 3.8) is 0 Å². The Labute approximate surface area is 127 Å². The first-order valence-electron chi connectivity index (χ1n) is 7.77. The molecule has 1 aromatic heterocycles. The van der Waals surface area contributed by atoms with E-state index in [-0.39, 0.29) is 0 Å². The summed E-state index contributed by atoms with van der Waals surface area (Å²) in [4.78, 5) is 2.47. The maximum absolute atomic E-state index is 5.64. The predicted molar refractivity (Wildman–Crippen MR) is 84.6 cm³/mol. The van der Waals surface area contributed by atoms with Crippen molar-refractivity contribution in [1.29, 1.82) is 0 Å². The molecule has 0 saturated carbocycles. The molecule has 0 radical (unpaired) electrons. The predicted octanol–water partition coefficient (Wildman–Crippen LogP) is 3.54. The molecule has 21 heavy (non-hydrogen) atoms. The second-order valence-corrected chi connectivity index (χ2v) is 6.31. The van der Waals surface area contributed by atoms with E-state index in [2.05, 4.69) is 54.4 Å². The van der Waals surface area contributed by atoms with Crippen molar-refractivity contribution in [3.05, 3.63) is 59.0 Å². The van der Waals surface area contributed by atoms with Crippen LogP contribution in [0, 0.1) is 5.92 Å². The van der Waals surface area contributed by atoms with Crippen LogP contribution < -0.4 is 5.32 Å². The lowest BCUT2D eigenvalue weighted by atomic mass is 10.1. The minimum absolute atomic E-state index is 0.663. The highest BCUT2D eigenvalue weighted by molar-refractivity contribution is 5.30. The van der Waals surface area contributed by atoms with E-state index in [1.165, 1.54) is 16.7 Å². The zero-order chi connectivity index (χ0) is 14.7. The minimum Gasteiger partial charge on any atom is -0.468 e. The van der Waals surface area contributed by atoms with Crippen LogP contribution in [-0.2, 0) is 26.2 Å². The van der Waals surface area contributed by atoms with Crippen molar-refractivity contribution in [2.75, 3.05) is 6.54 Å². The Morgan fingerprint density at radius 3 is 2.52 bits per heavy atom. The van der Waals surface area contributed by atoms with E-state index < -0.39 is 0 Å². The van der Waals surface area contributed by atoms with Gasteiger partial charge in [-0.15, -0.1) is 0 Å². The Balaban J connectivity index is 1.58. The quantitative estimate of drug-likeness (QED) is 0.879. The fraction of sp³-hybridized carbons (Fsp3) is 0.444. The van der Waals surface area contributed by atoms with E-state index in [9.17, 15) is 0 Å². The minimum atomic E-state index is 0.663. The second-order valence-electron chi connectivity index (χ2n) is 6.31. The zero-order valence-corrected chi connectivity index (χ0v) is 12.9. The number of hydrogen-bond donors (Lipinski definition) is 1. The van der Waals surface area contributed by atoms with E-state index in [1.54, 1.807) is 0 Å². The Kier molecular flexibility index (Phi) is 4.42. The van der Waals surface area contributed by atoms with Crippen LogP contribution in [0.1, 0.15) is 36.3 Å². The third-order valence-corrected chi connectivity index (χ3v) is 3.98. The molecule has 0 atom stereocenters. The third-order valence-electron chi connectivity index (χ3n) is 3.98. The topological polar surface area (TPSA) is 28.4 Å². The third kappa shape index (κ3) is 3.55. The highest BCUT2D eigenvalue weighted by Crippen LogP contribution is 2.25. The lowest BCUT2D eigenvalue weighted by Gasteiger charge is -2.15. The monoisotopic (exact) mass is 284 g/mol. The van der Waals surface area contributed by atoms with Crippen LogP contribution in [0.4, 0.5) is 0 Å². The van der Waals surface area contributed by atoms with Crippen LogP contribution in [0.5, 0.6) is 0 Å². The van der Waals surface area contributed by atoms with Gasteiger partial charge in [0.05, 0.1) is 12.8 Å². The molecule has 2 heterocycles. The molecule has 112 valence electrons. The first-order chi connectivity index (χ1) is 10.2. The molecule has 1 aromatic carbocycles. The van der Waals surface area contributed by atoms with E-state index in [0.717, 1.165) is 38.5 Å². The summed E-state index contributed by atoms with van der Waals surface area (Å²) in [5.41, 5.74) is 4.22. The van der Waals surface area contributed by atoms with Gasteiger partial charge < -0.3 is 9.73 Å². The van der Waals surface area contributed by atoms with E-state index >= 15 is 0 Å². The van der Waals surface area contributed by atoms with Gasteiger partial charge in [-0.2, -0.15) is 0 Å². The van der Waals surface area contributed by atoms with Gasteiger partial charge in [-0.3, -0.25) is 4.90 Å². The summed E-state index contributed by atoms with van der Waals surface area (Å²) in [7, 11) is 0. The van der Waals surface area contributed by atoms with Gasteiger partial charge in [0, 0.05) is 25.2 Å². The van der Waals surface area contributed by atoms with Gasteiger partial charge in [0.1, 0.15) is 5.76 Å². The number of rotatable bonds is 6. The molecule has 0 bridgehead atoms. The zero-order valence-electron chi connectivity index (χ0n) is 12.9. The lowest BCUT2D eigenvalue weighted by molar-refractivity contribution is 0.272. The molecule has 1 aliphatic rings. The Morgan fingerprint density at radius 2 is 1.86 bits per heavy atom. The van der Waals surface area contributed by atoms with Crippen LogP contribution in [0.25, 0.3) is 0 Å². The average Bonchev–Trinajstić information content (AvgIpc) is 3.05. The number of fused-ring (bicyclic) bond motifs is 1. The normalized spacial score (nSPS) is 14.8. The van der Waals surface area contributed by atoms with E-state index in [0.29, 0.717) is 5.92 Å². The van der Waals surface area contributed by atoms with Crippen molar-refractivity contribution < 1.29 is 4.42 Å². The molecule has 0 fully saturated rings. The molecule has 1 aliphatic heterocycles. The molecule has 0 saturated heterocycles. The Hall–Kier alpha value is -1.58. The molecule has 1 N–H and O–H groups in total. The number of furan rings is 1. The van der Waals surface area contributed by atoms with Crippen LogP contribution >= 0.6 is 0 Å². The second kappa shape index (κ2) is 6.46. The van der Waals surface area contributed by atoms with Gasteiger partial charge in [0.25, 0.3) is 0 Å². The molecular weight excluding hydrogens is 260 g/mol. The lowest BCUT2D eigenvalue weighted by Crippen LogP contribution is -2.21. The van der Waals surface area contributed by atoms with E-state index in [4.69, 9.17) is 4.42 Å². The van der Waals surface area contributed by atoms with Gasteiger partial charge in [0.15, 0.2) is 0 Å². The Morgan fingerprint density at radius 1 is 1.14 bits per heavy atom. The van der Waals surface area contributed by atoms with Gasteiger partial charge >= 0.3 is 0 Å². The van der Waals surface area contributed by atoms with E-state index in [1.807, 2.05) is 6.26 Å². The average molecular weight is 284 g/mol. The van der Waals surface area contributed by atoms with Crippen molar-refractivity contribution in [3.8, 4) is 0 Å². The fourth-order valence-corrected chi connectivity index (χ4v) is 2.89. The van der Waals surface area contributed by atoms with Gasteiger partial charge in [0.2, 0.25) is 0 Å². The van der Waals surface area contributed by atoms with Crippen LogP contribution in [0.15, 0.2) is 41.0 Å². The molecule has 3 heteroatoms. The highest BCUT2D eigenvalue weighted by atomic mass is 16.3. The fourth-order valence-electron chi connectivity index (χ4n) is 2.89. The molecule has 0 aliphatic carbocycles. The largest absolute Gasteiger partial charge is 0.468 e. The van der Waals surface area contributed by atoms with Gasteiger partial charge in [-0.25, -0.2) is 0 Å². The smallest absolute Gasteiger partial charge is 0.122 e. The standard InChI is InChI=1S/C18H24N2O/c1-14(2)9-19-10-18-17(7-8-21-18)13-20-11-15-5-3-4-6-16(15)12-20/h3-8,14,19H,9-13H2,1-2H3. The number of nitrogens with one attached hydrogen (secondary N) is 1. The van der Waals surface area contributed by atoms with Crippen molar-refractivity contribution in [2.45, 2.75) is 40.0 Å². The maximum atomic E-state index is 5.64. The van der Waals surface area contributed by atoms with Crippen LogP contribution in [-0.4, -0.2) is 11.4 Å². The SMILES string of the molecule is CC(C)CNCc1occc1CN1Cc2ccccc2C1. The first-order valence-corrected chi connectivity index (χ1v) is 7.77. The van der Waals surface area contributed by atoms with Crippen LogP contribution in [0.3, 0.4) is 0 Å². The summed E-state index contributed by atoms with van der Waals surface area (Å²) in [6.07, 6.45) is 1.81. The summed E-state index contributed by atoms with van der Waals surface area (Å²) < 4.78 is 5.64. The van der Waals surface area contributed by atoms with Crippen molar-refractivity contribution in [1.82, 2.24) is 10.2 Å². The highest BCUT2D eigenvalue weighted by Gasteiger charge is 2.19. The summed E-state index contributed by atoms with van der Waals surface area (Å²) in [5, 5.41) is 3.46.